The number of terminal acetylenes is 1. The summed E-state index contributed by atoms with van der Waals surface area (Å²) in [6, 6.07) is 23.9. The lowest BCUT2D eigenvalue weighted by atomic mass is 10.1. The van der Waals surface area contributed by atoms with E-state index in [4.69, 9.17) is 16.4 Å². The number of nitrogens with zero attached hydrogens (tertiary/aromatic N) is 6. The first-order valence-electron chi connectivity index (χ1n) is 11.1. The van der Waals surface area contributed by atoms with E-state index in [1.807, 2.05) is 60.7 Å². The van der Waals surface area contributed by atoms with Crippen molar-refractivity contribution in [3.63, 3.8) is 0 Å². The third-order valence-corrected chi connectivity index (χ3v) is 5.76. The number of aromatic nitrogens is 7. The smallest absolute Gasteiger partial charge is 0.204 e. The summed E-state index contributed by atoms with van der Waals surface area (Å²) in [5, 5.41) is 17.8. The van der Waals surface area contributed by atoms with Gasteiger partial charge >= 0.3 is 0 Å². The average molecular weight is 457 g/mol. The van der Waals surface area contributed by atoms with E-state index in [0.717, 1.165) is 44.3 Å². The summed E-state index contributed by atoms with van der Waals surface area (Å²) < 4.78 is 0. The average Bonchev–Trinajstić information content (AvgIpc) is 3.47. The summed E-state index contributed by atoms with van der Waals surface area (Å²) in [6.45, 7) is 0. The SMILES string of the molecule is C#Cc1cccc(Nc2nc(Cc3ccccc3)nc3[nH]c4ccc(-c5nnn(C)n5)cc4c23)c1. The summed E-state index contributed by atoms with van der Waals surface area (Å²) in [4.78, 5) is 14.7. The second-order valence-electron chi connectivity index (χ2n) is 8.21. The van der Waals surface area contributed by atoms with E-state index < -0.39 is 0 Å². The van der Waals surface area contributed by atoms with E-state index in [1.54, 1.807) is 7.05 Å². The van der Waals surface area contributed by atoms with Crippen molar-refractivity contribution in [2.75, 3.05) is 5.32 Å². The van der Waals surface area contributed by atoms with Crippen LogP contribution in [0.2, 0.25) is 0 Å². The van der Waals surface area contributed by atoms with Crippen LogP contribution in [0.4, 0.5) is 11.5 Å². The lowest BCUT2D eigenvalue weighted by Crippen LogP contribution is -2.02. The number of anilines is 2. The van der Waals surface area contributed by atoms with Crippen LogP contribution in [0.1, 0.15) is 17.0 Å². The summed E-state index contributed by atoms with van der Waals surface area (Å²) >= 11 is 0. The Balaban J connectivity index is 1.53. The molecule has 0 aliphatic carbocycles. The molecule has 3 aromatic carbocycles. The van der Waals surface area contributed by atoms with Gasteiger partial charge in [0, 0.05) is 34.1 Å². The molecule has 35 heavy (non-hydrogen) atoms. The highest BCUT2D eigenvalue weighted by atomic mass is 15.6. The maximum absolute atomic E-state index is 5.62. The largest absolute Gasteiger partial charge is 0.340 e. The number of aromatic amines is 1. The van der Waals surface area contributed by atoms with Gasteiger partial charge in [-0.3, -0.25) is 0 Å². The van der Waals surface area contributed by atoms with Crippen molar-refractivity contribution in [1.29, 1.82) is 0 Å². The molecule has 8 nitrogen and oxygen atoms in total. The van der Waals surface area contributed by atoms with E-state index >= 15 is 0 Å². The zero-order chi connectivity index (χ0) is 23.8. The highest BCUT2D eigenvalue weighted by molar-refractivity contribution is 6.12. The van der Waals surface area contributed by atoms with Crippen molar-refractivity contribution in [3.05, 3.63) is 89.7 Å². The van der Waals surface area contributed by atoms with Gasteiger partial charge in [0.15, 0.2) is 0 Å². The molecule has 8 heteroatoms. The molecule has 0 spiro atoms. The number of hydrogen-bond donors (Lipinski definition) is 2. The molecule has 168 valence electrons. The van der Waals surface area contributed by atoms with Gasteiger partial charge in [0.25, 0.3) is 0 Å². The van der Waals surface area contributed by atoms with Crippen LogP contribution in [-0.4, -0.2) is 35.2 Å². The predicted molar refractivity (Wildman–Crippen MR) is 136 cm³/mol. The van der Waals surface area contributed by atoms with Gasteiger partial charge in [0.05, 0.1) is 12.4 Å². The highest BCUT2D eigenvalue weighted by Crippen LogP contribution is 2.34. The van der Waals surface area contributed by atoms with Gasteiger partial charge in [0.2, 0.25) is 5.82 Å². The van der Waals surface area contributed by atoms with Crippen molar-refractivity contribution in [1.82, 2.24) is 35.2 Å². The number of fused-ring (bicyclic) bond motifs is 3. The predicted octanol–water partition coefficient (Wildman–Crippen LogP) is 4.62. The van der Waals surface area contributed by atoms with Gasteiger partial charge in [-0.15, -0.1) is 16.6 Å². The minimum Gasteiger partial charge on any atom is -0.340 e. The van der Waals surface area contributed by atoms with Crippen LogP contribution in [0.25, 0.3) is 33.3 Å². The van der Waals surface area contributed by atoms with Crippen molar-refractivity contribution in [3.8, 4) is 23.7 Å². The Morgan fingerprint density at radius 2 is 1.89 bits per heavy atom. The zero-order valence-electron chi connectivity index (χ0n) is 18.9. The molecule has 6 aromatic rings. The van der Waals surface area contributed by atoms with Gasteiger partial charge in [-0.25, -0.2) is 9.97 Å². The third-order valence-electron chi connectivity index (χ3n) is 5.76. The summed E-state index contributed by atoms with van der Waals surface area (Å²) in [6.07, 6.45) is 6.23. The molecule has 0 radical (unpaired) electrons. The van der Waals surface area contributed by atoms with Crippen LogP contribution in [0.15, 0.2) is 72.8 Å². The Morgan fingerprint density at radius 1 is 1.00 bits per heavy atom. The molecular formula is C27H20N8. The summed E-state index contributed by atoms with van der Waals surface area (Å²) in [7, 11) is 1.75. The molecule has 0 aliphatic rings. The van der Waals surface area contributed by atoms with Crippen molar-refractivity contribution >= 4 is 33.4 Å². The first kappa shape index (κ1) is 20.6. The van der Waals surface area contributed by atoms with Crippen LogP contribution < -0.4 is 5.32 Å². The molecule has 0 unspecified atom stereocenters. The second kappa shape index (κ2) is 8.39. The second-order valence-corrected chi connectivity index (χ2v) is 8.21. The van der Waals surface area contributed by atoms with E-state index in [2.05, 4.69) is 43.8 Å². The fraction of sp³-hybridized carbons (Fsp3) is 0.0741. The van der Waals surface area contributed by atoms with E-state index in [-0.39, 0.29) is 0 Å². The molecule has 0 amide bonds. The number of hydrogen-bond acceptors (Lipinski definition) is 6. The molecule has 0 fully saturated rings. The van der Waals surface area contributed by atoms with Gasteiger partial charge in [-0.05, 0) is 47.2 Å². The van der Waals surface area contributed by atoms with E-state index in [0.29, 0.717) is 23.9 Å². The van der Waals surface area contributed by atoms with Gasteiger partial charge in [-0.1, -0.05) is 42.3 Å². The zero-order valence-corrected chi connectivity index (χ0v) is 18.9. The minimum atomic E-state index is 0.557. The molecule has 3 aromatic heterocycles. The number of aryl methyl sites for hydroxylation is 1. The first-order valence-corrected chi connectivity index (χ1v) is 11.1. The van der Waals surface area contributed by atoms with Gasteiger partial charge < -0.3 is 10.3 Å². The maximum atomic E-state index is 5.62. The number of rotatable bonds is 5. The van der Waals surface area contributed by atoms with Crippen LogP contribution >= 0.6 is 0 Å². The van der Waals surface area contributed by atoms with Crippen LogP contribution in [-0.2, 0) is 13.5 Å². The van der Waals surface area contributed by atoms with Crippen molar-refractivity contribution in [2.24, 2.45) is 7.05 Å². The Bertz CT molecular complexity index is 1720. The van der Waals surface area contributed by atoms with Crippen LogP contribution in [0.5, 0.6) is 0 Å². The fourth-order valence-corrected chi connectivity index (χ4v) is 4.15. The Morgan fingerprint density at radius 3 is 2.69 bits per heavy atom. The Kier molecular flexibility index (Phi) is 4.93. The Hall–Kier alpha value is -5.03. The topological polar surface area (TPSA) is 97.2 Å². The van der Waals surface area contributed by atoms with Crippen LogP contribution in [0, 0.1) is 12.3 Å². The van der Waals surface area contributed by atoms with Crippen LogP contribution in [0.3, 0.4) is 0 Å². The maximum Gasteiger partial charge on any atom is 0.204 e. The first-order chi connectivity index (χ1) is 17.2. The number of nitrogens with one attached hydrogen (secondary N) is 2. The monoisotopic (exact) mass is 456 g/mol. The molecule has 6 rings (SSSR count). The molecule has 2 N–H and O–H groups in total. The van der Waals surface area contributed by atoms with Gasteiger partial charge in [-0.2, -0.15) is 4.80 Å². The third kappa shape index (κ3) is 3.96. The standard InChI is InChI=1S/C27H20N8/c1-3-17-10-7-11-20(14-17)28-26-24-21-16-19(25-32-34-35(2)33-25)12-13-22(21)29-27(24)31-23(30-26)15-18-8-5-4-6-9-18/h1,4-14,16H,15H2,2H3,(H2,28,29,30,31). The molecule has 0 bridgehead atoms. The number of H-pyrrole nitrogens is 1. The van der Waals surface area contributed by atoms with E-state index in [9.17, 15) is 0 Å². The van der Waals surface area contributed by atoms with E-state index in [1.165, 1.54) is 4.80 Å². The molecule has 0 saturated heterocycles. The molecular weight excluding hydrogens is 436 g/mol. The lowest BCUT2D eigenvalue weighted by Gasteiger charge is -2.10. The fourth-order valence-electron chi connectivity index (χ4n) is 4.15. The normalized spacial score (nSPS) is 11.1. The molecule has 0 aliphatic heterocycles. The minimum absolute atomic E-state index is 0.557. The van der Waals surface area contributed by atoms with Gasteiger partial charge in [0.1, 0.15) is 17.3 Å². The Labute approximate surface area is 201 Å². The lowest BCUT2D eigenvalue weighted by molar-refractivity contribution is 0.630. The van der Waals surface area contributed by atoms with Crippen molar-refractivity contribution in [2.45, 2.75) is 6.42 Å². The number of benzene rings is 3. The quantitative estimate of drug-likeness (QED) is 0.368. The summed E-state index contributed by atoms with van der Waals surface area (Å²) in [5.74, 6) is 4.65. The molecule has 0 atom stereocenters. The summed E-state index contributed by atoms with van der Waals surface area (Å²) in [5.41, 5.74) is 5.34. The highest BCUT2D eigenvalue weighted by Gasteiger charge is 2.16. The molecule has 0 saturated carbocycles. The molecule has 3 heterocycles. The van der Waals surface area contributed by atoms with Crippen molar-refractivity contribution < 1.29 is 0 Å². The number of tetrazole rings is 1.